The lowest BCUT2D eigenvalue weighted by Crippen LogP contribution is -2.36. The first kappa shape index (κ1) is 21.6. The second-order valence-electron chi connectivity index (χ2n) is 9.06. The van der Waals surface area contributed by atoms with Crippen LogP contribution >= 0.6 is 0 Å². The van der Waals surface area contributed by atoms with Gasteiger partial charge in [0, 0.05) is 28.7 Å². The fourth-order valence-corrected chi connectivity index (χ4v) is 3.82. The maximum absolute atomic E-state index is 13.0. The molecule has 34 heavy (non-hydrogen) atoms. The lowest BCUT2D eigenvalue weighted by atomic mass is 10.0. The molecule has 3 heterocycles. The van der Waals surface area contributed by atoms with Crippen molar-refractivity contribution in [2.75, 3.05) is 4.90 Å². The second-order valence-corrected chi connectivity index (χ2v) is 9.06. The van der Waals surface area contributed by atoms with Crippen molar-refractivity contribution < 1.29 is 13.9 Å². The molecule has 0 saturated heterocycles. The van der Waals surface area contributed by atoms with Gasteiger partial charge in [-0.15, -0.1) is 0 Å². The average molecular weight is 453 g/mol. The van der Waals surface area contributed by atoms with Gasteiger partial charge >= 0.3 is 6.09 Å². The predicted molar refractivity (Wildman–Crippen MR) is 131 cm³/mol. The second kappa shape index (κ2) is 8.59. The summed E-state index contributed by atoms with van der Waals surface area (Å²) in [4.78, 5) is 19.0. The number of pyridine rings is 1. The summed E-state index contributed by atoms with van der Waals surface area (Å²) in [7, 11) is 0. The summed E-state index contributed by atoms with van der Waals surface area (Å²) >= 11 is 0. The maximum atomic E-state index is 13.0. The van der Waals surface area contributed by atoms with Gasteiger partial charge in [-0.2, -0.15) is 10.2 Å². The fraction of sp³-hybridized carbons (Fsp3) is 0.185. The number of fused-ring (bicyclic) bond motifs is 2. The molecule has 3 aromatic heterocycles. The van der Waals surface area contributed by atoms with Crippen molar-refractivity contribution >= 4 is 33.5 Å². The van der Waals surface area contributed by atoms with E-state index >= 15 is 0 Å². The number of benzene rings is 2. The van der Waals surface area contributed by atoms with E-state index in [1.807, 2.05) is 75.6 Å². The Bertz CT molecular complexity index is 1440. The van der Waals surface area contributed by atoms with Crippen LogP contribution in [0.5, 0.6) is 0 Å². The number of hydrogen-bond acceptors (Lipinski definition) is 6. The lowest BCUT2D eigenvalue weighted by Gasteiger charge is -2.27. The summed E-state index contributed by atoms with van der Waals surface area (Å²) < 4.78 is 11.8. The monoisotopic (exact) mass is 452 g/mol. The molecule has 5 rings (SSSR count). The van der Waals surface area contributed by atoms with Crippen LogP contribution in [0.25, 0.3) is 33.1 Å². The molecule has 0 aliphatic rings. The predicted octanol–water partition coefficient (Wildman–Crippen LogP) is 6.38. The van der Waals surface area contributed by atoms with E-state index in [0.717, 1.165) is 38.6 Å². The Morgan fingerprint density at radius 1 is 0.971 bits per heavy atom. The maximum Gasteiger partial charge on any atom is 0.415 e. The topological polar surface area (TPSA) is 81.4 Å². The highest BCUT2D eigenvalue weighted by atomic mass is 16.6. The Labute approximate surface area is 197 Å². The number of para-hydroxylation sites is 1. The third-order valence-electron chi connectivity index (χ3n) is 5.35. The van der Waals surface area contributed by atoms with Gasteiger partial charge in [-0.1, -0.05) is 30.3 Å². The van der Waals surface area contributed by atoms with Crippen LogP contribution in [0.4, 0.5) is 10.5 Å². The molecule has 7 nitrogen and oxygen atoms in total. The Morgan fingerprint density at radius 3 is 2.59 bits per heavy atom. The van der Waals surface area contributed by atoms with Gasteiger partial charge in [-0.3, -0.25) is 9.88 Å². The Hall–Kier alpha value is -4.26. The minimum atomic E-state index is -0.626. The molecule has 0 radical (unpaired) electrons. The lowest BCUT2D eigenvalue weighted by molar-refractivity contribution is 0.0577. The Balaban J connectivity index is 1.55. The van der Waals surface area contributed by atoms with Crippen LogP contribution in [0.3, 0.4) is 0 Å². The molecule has 0 unspecified atom stereocenters. The number of anilines is 1. The number of carbonyl (C=O) groups excluding carboxylic acids is 1. The number of ether oxygens (including phenoxy) is 1. The molecule has 0 bridgehead atoms. The van der Waals surface area contributed by atoms with Crippen molar-refractivity contribution in [3.8, 4) is 11.3 Å². The number of hydrogen-bond donors (Lipinski definition) is 0. The van der Waals surface area contributed by atoms with E-state index in [2.05, 4.69) is 21.2 Å². The van der Waals surface area contributed by atoms with E-state index in [1.54, 1.807) is 23.4 Å². The third-order valence-corrected chi connectivity index (χ3v) is 5.35. The highest BCUT2D eigenvalue weighted by Crippen LogP contribution is 2.33. The van der Waals surface area contributed by atoms with Gasteiger partial charge < -0.3 is 9.15 Å². The van der Waals surface area contributed by atoms with Crippen LogP contribution in [0.15, 0.2) is 83.8 Å². The molecule has 5 aromatic rings. The smallest absolute Gasteiger partial charge is 0.415 e. The molecular weight excluding hydrogens is 428 g/mol. The first-order valence-electron chi connectivity index (χ1n) is 11.0. The van der Waals surface area contributed by atoms with Gasteiger partial charge in [0.05, 0.1) is 24.6 Å². The SMILES string of the molecule is CC(C)(C)OC(=O)N(Cc1ccc2cncc(-c3cc4ccccc4o3)c2c1)c1ccnnc1. The van der Waals surface area contributed by atoms with E-state index in [9.17, 15) is 4.79 Å². The molecule has 0 saturated carbocycles. The van der Waals surface area contributed by atoms with Gasteiger partial charge in [-0.25, -0.2) is 4.79 Å². The highest BCUT2D eigenvalue weighted by molar-refractivity contribution is 5.97. The number of nitrogens with zero attached hydrogens (tertiary/aromatic N) is 4. The summed E-state index contributed by atoms with van der Waals surface area (Å²) in [6.07, 6.45) is 6.28. The van der Waals surface area contributed by atoms with Crippen LogP contribution in [0.1, 0.15) is 26.3 Å². The molecule has 2 aromatic carbocycles. The van der Waals surface area contributed by atoms with Gasteiger partial charge in [0.25, 0.3) is 0 Å². The van der Waals surface area contributed by atoms with Crippen molar-refractivity contribution in [2.24, 2.45) is 0 Å². The van der Waals surface area contributed by atoms with Crippen molar-refractivity contribution in [1.82, 2.24) is 15.2 Å². The van der Waals surface area contributed by atoms with Gasteiger partial charge in [0.15, 0.2) is 0 Å². The molecular formula is C27H24N4O3. The van der Waals surface area contributed by atoms with E-state index < -0.39 is 11.7 Å². The van der Waals surface area contributed by atoms with Crippen LogP contribution in [0, 0.1) is 0 Å². The Kier molecular flexibility index (Phi) is 5.45. The Morgan fingerprint density at radius 2 is 1.82 bits per heavy atom. The normalized spacial score (nSPS) is 11.6. The average Bonchev–Trinajstić information content (AvgIpc) is 3.25. The third kappa shape index (κ3) is 4.45. The quantitative estimate of drug-likeness (QED) is 0.315. The summed E-state index contributed by atoms with van der Waals surface area (Å²) in [6.45, 7) is 5.84. The van der Waals surface area contributed by atoms with Crippen LogP contribution in [-0.2, 0) is 11.3 Å². The molecule has 0 fully saturated rings. The zero-order chi connectivity index (χ0) is 23.7. The van der Waals surface area contributed by atoms with E-state index in [-0.39, 0.29) is 0 Å². The highest BCUT2D eigenvalue weighted by Gasteiger charge is 2.24. The minimum absolute atomic E-state index is 0.304. The molecule has 7 heteroatoms. The molecule has 0 aliphatic heterocycles. The van der Waals surface area contributed by atoms with Crippen molar-refractivity contribution in [3.05, 3.63) is 84.9 Å². The molecule has 0 atom stereocenters. The van der Waals surface area contributed by atoms with Crippen molar-refractivity contribution in [3.63, 3.8) is 0 Å². The van der Waals surface area contributed by atoms with E-state index in [0.29, 0.717) is 12.2 Å². The first-order valence-corrected chi connectivity index (χ1v) is 11.0. The van der Waals surface area contributed by atoms with Crippen LogP contribution < -0.4 is 4.90 Å². The number of carbonyl (C=O) groups is 1. The molecule has 0 N–H and O–H groups in total. The number of furan rings is 1. The van der Waals surface area contributed by atoms with E-state index in [4.69, 9.17) is 9.15 Å². The number of aromatic nitrogens is 3. The van der Waals surface area contributed by atoms with Gasteiger partial charge in [0.2, 0.25) is 0 Å². The molecule has 0 aliphatic carbocycles. The number of rotatable bonds is 4. The standard InChI is InChI=1S/C27H24N4O3/c1-27(2,3)34-26(32)31(21-10-11-29-30-15-21)17-18-8-9-20-14-28-16-23(22(20)12-18)25-13-19-6-4-5-7-24(19)33-25/h4-16H,17H2,1-3H3. The summed E-state index contributed by atoms with van der Waals surface area (Å²) in [6, 6.07) is 17.7. The molecule has 170 valence electrons. The van der Waals surface area contributed by atoms with Crippen molar-refractivity contribution in [1.29, 1.82) is 0 Å². The summed E-state index contributed by atoms with van der Waals surface area (Å²) in [5.41, 5.74) is 2.63. The zero-order valence-electron chi connectivity index (χ0n) is 19.2. The zero-order valence-corrected chi connectivity index (χ0v) is 19.2. The fourth-order valence-electron chi connectivity index (χ4n) is 3.82. The number of amides is 1. The van der Waals surface area contributed by atoms with Crippen molar-refractivity contribution in [2.45, 2.75) is 32.9 Å². The summed E-state index contributed by atoms with van der Waals surface area (Å²) in [5.74, 6) is 0.749. The largest absolute Gasteiger partial charge is 0.456 e. The molecule has 0 spiro atoms. The van der Waals surface area contributed by atoms with Gasteiger partial charge in [0.1, 0.15) is 16.9 Å². The minimum Gasteiger partial charge on any atom is -0.456 e. The van der Waals surface area contributed by atoms with E-state index in [1.165, 1.54) is 0 Å². The molecule has 1 amide bonds. The summed E-state index contributed by atoms with van der Waals surface area (Å²) in [5, 5.41) is 10.8. The van der Waals surface area contributed by atoms with Crippen LogP contribution in [-0.4, -0.2) is 26.9 Å². The first-order chi connectivity index (χ1) is 16.4. The van der Waals surface area contributed by atoms with Gasteiger partial charge in [-0.05, 0) is 56.0 Å². The van der Waals surface area contributed by atoms with Crippen LogP contribution in [0.2, 0.25) is 0 Å².